The number of phenolic OH excluding ortho intramolecular Hbond substituents is 2. The van der Waals surface area contributed by atoms with Crippen LogP contribution < -0.4 is 14.2 Å². The van der Waals surface area contributed by atoms with Crippen LogP contribution in [0.1, 0.15) is 11.1 Å². The Balaban J connectivity index is 1.71. The van der Waals surface area contributed by atoms with Gasteiger partial charge in [0.05, 0.1) is 14.2 Å². The first-order valence-corrected chi connectivity index (χ1v) is 10.6. The van der Waals surface area contributed by atoms with E-state index in [1.54, 1.807) is 31.4 Å². The maximum absolute atomic E-state index is 11.2. The monoisotopic (exact) mass is 442 g/mol. The molecule has 33 heavy (non-hydrogen) atoms. The summed E-state index contributed by atoms with van der Waals surface area (Å²) in [5.41, 5.74) is 4.94. The molecule has 0 radical (unpaired) electrons. The lowest BCUT2D eigenvalue weighted by molar-refractivity contribution is 0.284. The maximum Gasteiger partial charge on any atom is 0.168 e. The largest absolute Gasteiger partial charge is 0.508 e. The van der Waals surface area contributed by atoms with Crippen LogP contribution in [0.3, 0.4) is 0 Å². The van der Waals surface area contributed by atoms with Crippen molar-refractivity contribution in [3.05, 3.63) is 90.0 Å². The van der Waals surface area contributed by atoms with Gasteiger partial charge in [-0.25, -0.2) is 0 Å². The number of benzene rings is 4. The molecule has 0 aromatic heterocycles. The van der Waals surface area contributed by atoms with E-state index in [0.717, 1.165) is 27.8 Å². The van der Waals surface area contributed by atoms with E-state index < -0.39 is 0 Å². The fourth-order valence-corrected chi connectivity index (χ4v) is 3.89. The highest BCUT2D eigenvalue weighted by Crippen LogP contribution is 2.47. The Morgan fingerprint density at radius 2 is 1.42 bits per heavy atom. The normalized spacial score (nSPS) is 10.6. The number of phenols is 2. The Kier molecular flexibility index (Phi) is 6.41. The van der Waals surface area contributed by atoms with Crippen molar-refractivity contribution in [2.45, 2.75) is 13.5 Å². The number of hydrogen-bond acceptors (Lipinski definition) is 5. The van der Waals surface area contributed by atoms with E-state index in [9.17, 15) is 10.2 Å². The Morgan fingerprint density at radius 3 is 2.09 bits per heavy atom. The van der Waals surface area contributed by atoms with Crippen molar-refractivity contribution in [3.8, 4) is 51.0 Å². The lowest BCUT2D eigenvalue weighted by Crippen LogP contribution is -1.98. The molecule has 0 saturated heterocycles. The van der Waals surface area contributed by atoms with Crippen molar-refractivity contribution >= 4 is 0 Å². The molecule has 4 rings (SSSR count). The third kappa shape index (κ3) is 4.58. The first-order valence-electron chi connectivity index (χ1n) is 10.6. The Morgan fingerprint density at radius 1 is 0.727 bits per heavy atom. The van der Waals surface area contributed by atoms with E-state index in [1.807, 2.05) is 61.5 Å². The molecule has 2 N–H and O–H groups in total. The zero-order chi connectivity index (χ0) is 23.4. The van der Waals surface area contributed by atoms with Crippen molar-refractivity contribution in [1.29, 1.82) is 0 Å². The van der Waals surface area contributed by atoms with Crippen LogP contribution in [0.2, 0.25) is 0 Å². The Bertz CT molecular complexity index is 1250. The molecule has 5 heteroatoms. The molecule has 0 spiro atoms. The molecule has 0 atom stereocenters. The van der Waals surface area contributed by atoms with Crippen molar-refractivity contribution in [1.82, 2.24) is 0 Å². The van der Waals surface area contributed by atoms with Crippen LogP contribution in [0.15, 0.2) is 78.9 Å². The highest BCUT2D eigenvalue weighted by Gasteiger charge is 2.20. The number of methoxy groups -OCH3 is 2. The zero-order valence-corrected chi connectivity index (χ0v) is 18.8. The third-order valence-electron chi connectivity index (χ3n) is 5.52. The fourth-order valence-electron chi connectivity index (χ4n) is 3.89. The number of aryl methyl sites for hydroxylation is 1. The minimum atomic E-state index is 0.0422. The second kappa shape index (κ2) is 9.57. The predicted molar refractivity (Wildman–Crippen MR) is 129 cm³/mol. The van der Waals surface area contributed by atoms with Crippen LogP contribution in [0.5, 0.6) is 28.7 Å². The highest BCUT2D eigenvalue weighted by molar-refractivity contribution is 5.86. The van der Waals surface area contributed by atoms with Crippen LogP contribution in [-0.2, 0) is 6.61 Å². The quantitative estimate of drug-likeness (QED) is 0.350. The number of hydrogen-bond donors (Lipinski definition) is 2. The summed E-state index contributed by atoms with van der Waals surface area (Å²) in [6.07, 6.45) is 0. The molecule has 5 nitrogen and oxygen atoms in total. The van der Waals surface area contributed by atoms with Gasteiger partial charge in [-0.2, -0.15) is 0 Å². The fraction of sp³-hybridized carbons (Fsp3) is 0.143. The number of aromatic hydroxyl groups is 2. The van der Waals surface area contributed by atoms with Gasteiger partial charge in [0.25, 0.3) is 0 Å². The average Bonchev–Trinajstić information content (AvgIpc) is 2.84. The molecule has 0 heterocycles. The average molecular weight is 443 g/mol. The number of rotatable bonds is 7. The van der Waals surface area contributed by atoms with Gasteiger partial charge in [-0.1, -0.05) is 48.5 Å². The molecule has 0 saturated carbocycles. The van der Waals surface area contributed by atoms with Crippen LogP contribution in [0, 0.1) is 6.92 Å². The molecule has 0 aliphatic heterocycles. The molecule has 0 amide bonds. The van der Waals surface area contributed by atoms with E-state index in [4.69, 9.17) is 14.2 Å². The van der Waals surface area contributed by atoms with Gasteiger partial charge in [0.15, 0.2) is 23.0 Å². The second-order valence-electron chi connectivity index (χ2n) is 7.68. The molecule has 4 aromatic rings. The SMILES string of the molecule is COc1cc(-c2c(C)cc(-c3ccc(O)cc3)c(OC)c2O)ccc1OCc1ccccc1. The van der Waals surface area contributed by atoms with Gasteiger partial charge in [-0.05, 0) is 59.5 Å². The van der Waals surface area contributed by atoms with Gasteiger partial charge in [0.2, 0.25) is 0 Å². The molecule has 0 fully saturated rings. The summed E-state index contributed by atoms with van der Waals surface area (Å²) in [5.74, 6) is 1.78. The van der Waals surface area contributed by atoms with Crippen LogP contribution in [0.25, 0.3) is 22.3 Å². The van der Waals surface area contributed by atoms with E-state index in [0.29, 0.717) is 29.4 Å². The van der Waals surface area contributed by atoms with Gasteiger partial charge in [-0.15, -0.1) is 0 Å². The second-order valence-corrected chi connectivity index (χ2v) is 7.68. The molecule has 0 aliphatic carbocycles. The highest BCUT2D eigenvalue weighted by atomic mass is 16.5. The summed E-state index contributed by atoms with van der Waals surface area (Å²) in [7, 11) is 3.12. The van der Waals surface area contributed by atoms with Gasteiger partial charge < -0.3 is 24.4 Å². The third-order valence-corrected chi connectivity index (χ3v) is 5.52. The first kappa shape index (κ1) is 22.1. The summed E-state index contributed by atoms with van der Waals surface area (Å²) in [4.78, 5) is 0. The summed E-state index contributed by atoms with van der Waals surface area (Å²) in [6.45, 7) is 2.36. The summed E-state index contributed by atoms with van der Waals surface area (Å²) < 4.78 is 17.1. The Hall–Kier alpha value is -4.12. The van der Waals surface area contributed by atoms with Gasteiger partial charge in [-0.3, -0.25) is 0 Å². The van der Waals surface area contributed by atoms with E-state index >= 15 is 0 Å². The summed E-state index contributed by atoms with van der Waals surface area (Å²) >= 11 is 0. The maximum atomic E-state index is 11.2. The van der Waals surface area contributed by atoms with Gasteiger partial charge in [0, 0.05) is 11.1 Å². The molecule has 0 unspecified atom stereocenters. The smallest absolute Gasteiger partial charge is 0.168 e. The van der Waals surface area contributed by atoms with Crippen LogP contribution in [0.4, 0.5) is 0 Å². The first-order chi connectivity index (χ1) is 16.0. The van der Waals surface area contributed by atoms with Crippen molar-refractivity contribution in [2.75, 3.05) is 14.2 Å². The molecular weight excluding hydrogens is 416 g/mol. The van der Waals surface area contributed by atoms with E-state index in [1.165, 1.54) is 7.11 Å². The topological polar surface area (TPSA) is 68.2 Å². The van der Waals surface area contributed by atoms with Crippen LogP contribution >= 0.6 is 0 Å². The Labute approximate surface area is 193 Å². The zero-order valence-electron chi connectivity index (χ0n) is 18.8. The van der Waals surface area contributed by atoms with Gasteiger partial charge in [0.1, 0.15) is 12.4 Å². The molecule has 168 valence electrons. The van der Waals surface area contributed by atoms with Crippen molar-refractivity contribution in [3.63, 3.8) is 0 Å². The van der Waals surface area contributed by atoms with Crippen molar-refractivity contribution in [2.24, 2.45) is 0 Å². The minimum absolute atomic E-state index is 0.0422. The molecular formula is C28H26O5. The molecule has 4 aromatic carbocycles. The van der Waals surface area contributed by atoms with E-state index in [2.05, 4.69) is 0 Å². The van der Waals surface area contributed by atoms with E-state index in [-0.39, 0.29) is 11.5 Å². The molecule has 0 bridgehead atoms. The lowest BCUT2D eigenvalue weighted by atomic mass is 9.93. The molecule has 0 aliphatic rings. The standard InChI is InChI=1S/C28H26O5/c1-18-15-23(20-9-12-22(29)13-10-20)28(32-3)27(30)26(18)21-11-14-24(25(16-21)31-2)33-17-19-7-5-4-6-8-19/h4-16,29-30H,17H2,1-3H3. The number of ether oxygens (including phenoxy) is 3. The van der Waals surface area contributed by atoms with Crippen LogP contribution in [-0.4, -0.2) is 24.4 Å². The summed E-state index contributed by atoms with van der Waals surface area (Å²) in [6, 6.07) is 24.3. The lowest BCUT2D eigenvalue weighted by Gasteiger charge is -2.18. The summed E-state index contributed by atoms with van der Waals surface area (Å²) in [5, 5.41) is 20.8. The minimum Gasteiger partial charge on any atom is -0.508 e. The van der Waals surface area contributed by atoms with Gasteiger partial charge >= 0.3 is 0 Å². The van der Waals surface area contributed by atoms with Crippen molar-refractivity contribution < 1.29 is 24.4 Å². The predicted octanol–water partition coefficient (Wildman–Crippen LogP) is 6.34.